The van der Waals surface area contributed by atoms with Crippen molar-refractivity contribution >= 4 is 11.3 Å². The SMILES string of the molecule is CCO[C@@H](C)Cc1ccc(OCCc2nc(-c3cccs3)oc2C)cc1. The van der Waals surface area contributed by atoms with Crippen molar-refractivity contribution < 1.29 is 13.9 Å². The summed E-state index contributed by atoms with van der Waals surface area (Å²) < 4.78 is 17.2. The highest BCUT2D eigenvalue weighted by molar-refractivity contribution is 7.13. The Balaban J connectivity index is 1.50. The van der Waals surface area contributed by atoms with Gasteiger partial charge in [0.05, 0.1) is 23.3 Å². The number of thiophene rings is 1. The largest absolute Gasteiger partial charge is 0.493 e. The van der Waals surface area contributed by atoms with Gasteiger partial charge in [-0.05, 0) is 56.3 Å². The molecule has 3 rings (SSSR count). The number of oxazole rings is 1. The van der Waals surface area contributed by atoms with Gasteiger partial charge < -0.3 is 13.9 Å². The van der Waals surface area contributed by atoms with E-state index in [0.717, 1.165) is 41.5 Å². The van der Waals surface area contributed by atoms with Gasteiger partial charge in [0, 0.05) is 13.0 Å². The predicted octanol–water partition coefficient (Wildman–Crippen LogP) is 5.30. The van der Waals surface area contributed by atoms with E-state index in [-0.39, 0.29) is 6.10 Å². The summed E-state index contributed by atoms with van der Waals surface area (Å²) in [6, 6.07) is 12.2. The topological polar surface area (TPSA) is 44.5 Å². The highest BCUT2D eigenvalue weighted by Crippen LogP contribution is 2.26. The van der Waals surface area contributed by atoms with Gasteiger partial charge in [0.15, 0.2) is 0 Å². The zero-order valence-corrected chi connectivity index (χ0v) is 16.3. The molecule has 0 spiro atoms. The van der Waals surface area contributed by atoms with E-state index in [9.17, 15) is 0 Å². The van der Waals surface area contributed by atoms with Crippen molar-refractivity contribution in [3.05, 3.63) is 58.8 Å². The first kappa shape index (κ1) is 18.7. The van der Waals surface area contributed by atoms with E-state index in [1.54, 1.807) is 11.3 Å². The second-order valence-corrected chi connectivity index (χ2v) is 7.16. The predicted molar refractivity (Wildman–Crippen MR) is 105 cm³/mol. The lowest BCUT2D eigenvalue weighted by Crippen LogP contribution is -2.11. The average molecular weight is 372 g/mol. The van der Waals surface area contributed by atoms with E-state index < -0.39 is 0 Å². The van der Waals surface area contributed by atoms with Gasteiger partial charge in [0.25, 0.3) is 0 Å². The van der Waals surface area contributed by atoms with Crippen LogP contribution in [0.15, 0.2) is 46.2 Å². The Bertz CT molecular complexity index is 793. The van der Waals surface area contributed by atoms with Crippen molar-refractivity contribution in [2.75, 3.05) is 13.2 Å². The first-order valence-electron chi connectivity index (χ1n) is 8.99. The van der Waals surface area contributed by atoms with Crippen LogP contribution in [0.25, 0.3) is 10.8 Å². The van der Waals surface area contributed by atoms with Crippen LogP contribution in [0.4, 0.5) is 0 Å². The third-order valence-corrected chi connectivity index (χ3v) is 4.99. The molecule has 0 radical (unpaired) electrons. The van der Waals surface area contributed by atoms with E-state index in [2.05, 4.69) is 24.0 Å². The third kappa shape index (κ3) is 4.96. The smallest absolute Gasteiger partial charge is 0.236 e. The number of benzene rings is 1. The minimum Gasteiger partial charge on any atom is -0.493 e. The number of hydrogen-bond acceptors (Lipinski definition) is 5. The van der Waals surface area contributed by atoms with Crippen molar-refractivity contribution in [3.63, 3.8) is 0 Å². The van der Waals surface area contributed by atoms with Gasteiger partial charge in [-0.25, -0.2) is 4.98 Å². The Morgan fingerprint density at radius 1 is 1.19 bits per heavy atom. The first-order valence-corrected chi connectivity index (χ1v) is 9.87. The van der Waals surface area contributed by atoms with Crippen molar-refractivity contribution in [1.82, 2.24) is 4.98 Å². The Kier molecular flexibility index (Phi) is 6.47. The molecule has 0 aliphatic carbocycles. The Morgan fingerprint density at radius 2 is 2.00 bits per heavy atom. The lowest BCUT2D eigenvalue weighted by molar-refractivity contribution is 0.0768. The zero-order valence-electron chi connectivity index (χ0n) is 15.5. The molecule has 0 unspecified atom stereocenters. The second-order valence-electron chi connectivity index (χ2n) is 6.21. The molecule has 3 aromatic rings. The van der Waals surface area contributed by atoms with Crippen LogP contribution < -0.4 is 4.74 Å². The molecule has 0 fully saturated rings. The van der Waals surface area contributed by atoms with E-state index in [0.29, 0.717) is 12.5 Å². The van der Waals surface area contributed by atoms with Crippen LogP contribution in [-0.2, 0) is 17.6 Å². The summed E-state index contributed by atoms with van der Waals surface area (Å²) in [5.74, 6) is 2.43. The third-order valence-electron chi connectivity index (χ3n) is 4.13. The van der Waals surface area contributed by atoms with Crippen LogP contribution in [0.2, 0.25) is 0 Å². The number of aryl methyl sites for hydroxylation is 1. The van der Waals surface area contributed by atoms with Gasteiger partial charge in [-0.1, -0.05) is 18.2 Å². The van der Waals surface area contributed by atoms with Crippen LogP contribution in [0, 0.1) is 6.92 Å². The highest BCUT2D eigenvalue weighted by Gasteiger charge is 2.12. The molecule has 5 heteroatoms. The van der Waals surface area contributed by atoms with Crippen LogP contribution in [0.3, 0.4) is 0 Å². The van der Waals surface area contributed by atoms with Gasteiger partial charge >= 0.3 is 0 Å². The summed E-state index contributed by atoms with van der Waals surface area (Å²) in [5.41, 5.74) is 2.21. The molecule has 0 saturated carbocycles. The average Bonchev–Trinajstić information content (AvgIpc) is 3.27. The van der Waals surface area contributed by atoms with E-state index >= 15 is 0 Å². The molecule has 1 atom stereocenters. The highest BCUT2D eigenvalue weighted by atomic mass is 32.1. The molecule has 1 aromatic carbocycles. The van der Waals surface area contributed by atoms with Crippen molar-refractivity contribution in [2.24, 2.45) is 0 Å². The van der Waals surface area contributed by atoms with Crippen LogP contribution in [0.5, 0.6) is 5.75 Å². The molecule has 26 heavy (non-hydrogen) atoms. The fraction of sp³-hybridized carbons (Fsp3) is 0.381. The molecule has 0 aliphatic heterocycles. The summed E-state index contributed by atoms with van der Waals surface area (Å²) in [4.78, 5) is 5.65. The summed E-state index contributed by atoms with van der Waals surface area (Å²) in [6.45, 7) is 7.39. The van der Waals surface area contributed by atoms with Gasteiger partial charge in [-0.3, -0.25) is 0 Å². The lowest BCUT2D eigenvalue weighted by atomic mass is 10.1. The summed E-state index contributed by atoms with van der Waals surface area (Å²) in [5, 5.41) is 2.02. The molecular formula is C21H25NO3S. The Morgan fingerprint density at radius 3 is 2.69 bits per heavy atom. The molecule has 0 amide bonds. The van der Waals surface area contributed by atoms with Crippen molar-refractivity contribution in [3.8, 4) is 16.5 Å². The quantitative estimate of drug-likeness (QED) is 0.512. The standard InChI is InChI=1S/C21H25NO3S/c1-4-23-15(2)14-17-7-9-18(10-8-17)24-12-11-19-16(3)25-21(22-19)20-6-5-13-26-20/h5-10,13,15H,4,11-12,14H2,1-3H3/t15-/m0/s1. The van der Waals surface area contributed by atoms with Gasteiger partial charge in [-0.15, -0.1) is 11.3 Å². The van der Waals surface area contributed by atoms with E-state index in [4.69, 9.17) is 13.9 Å². The molecule has 0 bridgehead atoms. The molecule has 2 heterocycles. The number of hydrogen-bond donors (Lipinski definition) is 0. The first-order chi connectivity index (χ1) is 12.7. The number of rotatable bonds is 9. The lowest BCUT2D eigenvalue weighted by Gasteiger charge is -2.12. The second kappa shape index (κ2) is 9.01. The minimum absolute atomic E-state index is 0.236. The Labute approximate surface area is 158 Å². The summed E-state index contributed by atoms with van der Waals surface area (Å²) in [7, 11) is 0. The van der Waals surface area contributed by atoms with Crippen molar-refractivity contribution in [2.45, 2.75) is 39.7 Å². The van der Waals surface area contributed by atoms with E-state index in [1.807, 2.05) is 43.5 Å². The molecule has 138 valence electrons. The molecular weight excluding hydrogens is 346 g/mol. The number of aromatic nitrogens is 1. The van der Waals surface area contributed by atoms with Crippen LogP contribution in [0.1, 0.15) is 30.9 Å². The molecule has 0 saturated heterocycles. The maximum absolute atomic E-state index is 5.86. The van der Waals surface area contributed by atoms with Crippen LogP contribution in [-0.4, -0.2) is 24.3 Å². The molecule has 0 aliphatic rings. The number of ether oxygens (including phenoxy) is 2. The molecule has 0 N–H and O–H groups in total. The normalized spacial score (nSPS) is 12.3. The van der Waals surface area contributed by atoms with Gasteiger partial charge in [0.1, 0.15) is 11.5 Å². The Hall–Kier alpha value is -2.11. The monoisotopic (exact) mass is 371 g/mol. The number of nitrogens with zero attached hydrogens (tertiary/aromatic N) is 1. The minimum atomic E-state index is 0.236. The van der Waals surface area contributed by atoms with E-state index in [1.165, 1.54) is 5.56 Å². The van der Waals surface area contributed by atoms with Gasteiger partial charge in [-0.2, -0.15) is 0 Å². The fourth-order valence-electron chi connectivity index (χ4n) is 2.83. The van der Waals surface area contributed by atoms with Gasteiger partial charge in [0.2, 0.25) is 5.89 Å². The molecule has 4 nitrogen and oxygen atoms in total. The molecule has 2 aromatic heterocycles. The summed E-state index contributed by atoms with van der Waals surface area (Å²) >= 11 is 1.63. The maximum atomic E-state index is 5.86. The van der Waals surface area contributed by atoms with Crippen LogP contribution >= 0.6 is 11.3 Å². The fourth-order valence-corrected chi connectivity index (χ4v) is 3.48. The summed E-state index contributed by atoms with van der Waals surface area (Å²) in [6.07, 6.45) is 1.88. The zero-order chi connectivity index (χ0) is 18.4. The van der Waals surface area contributed by atoms with Crippen molar-refractivity contribution in [1.29, 1.82) is 0 Å². The maximum Gasteiger partial charge on any atom is 0.236 e.